The number of halogens is 1. The molecule has 1 rings (SSSR count). The molecule has 1 N–H and O–H groups in total. The highest BCUT2D eigenvalue weighted by Gasteiger charge is 2.10. The summed E-state index contributed by atoms with van der Waals surface area (Å²) in [5.74, 6) is 0.655. The fourth-order valence-electron chi connectivity index (χ4n) is 1.52. The summed E-state index contributed by atoms with van der Waals surface area (Å²) < 4.78 is 11.0. The molecule has 2 unspecified atom stereocenters. The van der Waals surface area contributed by atoms with E-state index in [1.165, 1.54) is 12.1 Å². The number of non-ortho nitro benzene ring substituents is 1. The van der Waals surface area contributed by atoms with Crippen molar-refractivity contribution < 1.29 is 9.13 Å². The Labute approximate surface area is 120 Å². The van der Waals surface area contributed by atoms with Crippen molar-refractivity contribution in [2.24, 2.45) is 0 Å². The summed E-state index contributed by atoms with van der Waals surface area (Å²) in [6.07, 6.45) is 2.49. The second kappa shape index (κ2) is 7.57. The highest BCUT2D eigenvalue weighted by molar-refractivity contribution is 7.84. The lowest BCUT2D eigenvalue weighted by Gasteiger charge is -2.13. The first-order chi connectivity index (χ1) is 8.90. The van der Waals surface area contributed by atoms with E-state index in [4.69, 9.17) is 11.6 Å². The summed E-state index contributed by atoms with van der Waals surface area (Å²) in [6, 6.07) is 4.66. The van der Waals surface area contributed by atoms with Gasteiger partial charge in [-0.15, -0.1) is 0 Å². The molecule has 0 aliphatic carbocycles. The lowest BCUT2D eigenvalue weighted by Crippen LogP contribution is -2.27. The topological polar surface area (TPSA) is 72.2 Å². The molecule has 0 aliphatic rings. The van der Waals surface area contributed by atoms with Crippen molar-refractivity contribution in [1.29, 1.82) is 0 Å². The minimum absolute atomic E-state index is 0.0109. The molecule has 0 saturated heterocycles. The quantitative estimate of drug-likeness (QED) is 0.620. The summed E-state index contributed by atoms with van der Waals surface area (Å²) >= 11 is 5.99. The zero-order chi connectivity index (χ0) is 14.4. The molecule has 0 spiro atoms. The Morgan fingerprint density at radius 2 is 2.21 bits per heavy atom. The first-order valence-electron chi connectivity index (χ1n) is 5.86. The molecule has 0 fully saturated rings. The number of nitro benzene ring substituents is 1. The molecule has 2 atom stereocenters. The Morgan fingerprint density at radius 1 is 1.53 bits per heavy atom. The van der Waals surface area contributed by atoms with Crippen molar-refractivity contribution in [3.05, 3.63) is 38.9 Å². The summed E-state index contributed by atoms with van der Waals surface area (Å²) in [6.45, 7) is 2.54. The first-order valence-corrected chi connectivity index (χ1v) is 7.97. The zero-order valence-electron chi connectivity index (χ0n) is 10.9. The molecule has 0 aromatic heterocycles. The molecule has 7 heteroatoms. The number of hydrogen-bond donors (Lipinski definition) is 1. The molecule has 1 aromatic rings. The molecule has 0 aliphatic heterocycles. The predicted molar refractivity (Wildman–Crippen MR) is 78.0 cm³/mol. The molecule has 0 radical (unpaired) electrons. The van der Waals surface area contributed by atoms with E-state index in [2.05, 4.69) is 5.32 Å². The lowest BCUT2D eigenvalue weighted by atomic mass is 10.2. The van der Waals surface area contributed by atoms with Crippen molar-refractivity contribution in [1.82, 2.24) is 5.32 Å². The Kier molecular flexibility index (Phi) is 6.41. The maximum Gasteiger partial charge on any atom is 0.270 e. The maximum atomic E-state index is 11.0. The summed E-state index contributed by atoms with van der Waals surface area (Å²) in [7, 11) is -0.788. The van der Waals surface area contributed by atoms with E-state index >= 15 is 0 Å². The number of nitro groups is 1. The predicted octanol–water partition coefficient (Wildman–Crippen LogP) is 2.49. The highest BCUT2D eigenvalue weighted by Crippen LogP contribution is 2.22. The fraction of sp³-hybridized carbons (Fsp3) is 0.500. The van der Waals surface area contributed by atoms with Crippen molar-refractivity contribution in [3.8, 4) is 0 Å². The van der Waals surface area contributed by atoms with Crippen LogP contribution in [0.3, 0.4) is 0 Å². The van der Waals surface area contributed by atoms with Crippen LogP contribution in [0.4, 0.5) is 5.69 Å². The molecule has 5 nitrogen and oxygen atoms in total. The fourth-order valence-corrected chi connectivity index (χ4v) is 2.45. The lowest BCUT2D eigenvalue weighted by molar-refractivity contribution is -0.384. The first kappa shape index (κ1) is 16.1. The third-order valence-electron chi connectivity index (χ3n) is 2.73. The van der Waals surface area contributed by atoms with Crippen molar-refractivity contribution in [3.63, 3.8) is 0 Å². The highest BCUT2D eigenvalue weighted by atomic mass is 35.5. The van der Waals surface area contributed by atoms with Gasteiger partial charge in [0.25, 0.3) is 5.69 Å². The standard InChI is InChI=1S/C12H17ClN2O3S/c1-9(5-6-19(2)18)14-8-10-3-4-11(15(16)17)7-12(10)13/h3-4,7,9,14H,5-6,8H2,1-2H3. The van der Waals surface area contributed by atoms with E-state index in [-0.39, 0.29) is 11.7 Å². The number of hydrogen-bond acceptors (Lipinski definition) is 4. The third kappa shape index (κ3) is 5.67. The molecule has 0 amide bonds. The normalized spacial score (nSPS) is 14.1. The van der Waals surface area contributed by atoms with Gasteiger partial charge in [0.1, 0.15) is 0 Å². The monoisotopic (exact) mass is 304 g/mol. The molecule has 0 bridgehead atoms. The van der Waals surface area contributed by atoms with E-state index in [1.54, 1.807) is 12.3 Å². The van der Waals surface area contributed by atoms with Gasteiger partial charge in [-0.25, -0.2) is 0 Å². The number of nitrogens with zero attached hydrogens (tertiary/aromatic N) is 1. The van der Waals surface area contributed by atoms with Gasteiger partial charge in [-0.1, -0.05) is 11.6 Å². The Morgan fingerprint density at radius 3 is 2.74 bits per heavy atom. The van der Waals surface area contributed by atoms with Crippen LogP contribution in [0.15, 0.2) is 18.2 Å². The molecule has 0 saturated carbocycles. The van der Waals surface area contributed by atoms with Crippen LogP contribution in [0, 0.1) is 10.1 Å². The second-order valence-electron chi connectivity index (χ2n) is 4.38. The SMILES string of the molecule is CC(CCS(C)=O)NCc1ccc([N+](=O)[O-])cc1Cl. The smallest absolute Gasteiger partial charge is 0.270 e. The average molecular weight is 305 g/mol. The van der Waals surface area contributed by atoms with Crippen LogP contribution < -0.4 is 5.32 Å². The van der Waals surface area contributed by atoms with Gasteiger partial charge >= 0.3 is 0 Å². The minimum Gasteiger partial charge on any atom is -0.310 e. The van der Waals surface area contributed by atoms with Gasteiger partial charge in [-0.05, 0) is 25.0 Å². The van der Waals surface area contributed by atoms with Crippen LogP contribution in [0.1, 0.15) is 18.9 Å². The molecule has 19 heavy (non-hydrogen) atoms. The van der Waals surface area contributed by atoms with Gasteiger partial charge in [-0.2, -0.15) is 0 Å². The molecular formula is C12H17ClN2O3S. The van der Waals surface area contributed by atoms with Gasteiger partial charge in [0.05, 0.1) is 9.95 Å². The Hall–Kier alpha value is -0.980. The van der Waals surface area contributed by atoms with Crippen LogP contribution in [0.5, 0.6) is 0 Å². The second-order valence-corrected chi connectivity index (χ2v) is 6.34. The molecule has 1 aromatic carbocycles. The number of nitrogens with one attached hydrogen (secondary N) is 1. The van der Waals surface area contributed by atoms with Gasteiger partial charge in [-0.3, -0.25) is 14.3 Å². The minimum atomic E-state index is -0.788. The van der Waals surface area contributed by atoms with Crippen LogP contribution in [0.25, 0.3) is 0 Å². The summed E-state index contributed by atoms with van der Waals surface area (Å²) in [4.78, 5) is 10.1. The van der Waals surface area contributed by atoms with Crippen LogP contribution >= 0.6 is 11.6 Å². The van der Waals surface area contributed by atoms with Gasteiger partial charge in [0, 0.05) is 47.5 Å². The largest absolute Gasteiger partial charge is 0.310 e. The van der Waals surface area contributed by atoms with E-state index in [0.29, 0.717) is 17.3 Å². The zero-order valence-corrected chi connectivity index (χ0v) is 12.5. The Balaban J connectivity index is 2.53. The van der Waals surface area contributed by atoms with Crippen molar-refractivity contribution in [2.45, 2.75) is 25.9 Å². The van der Waals surface area contributed by atoms with Crippen LogP contribution in [-0.2, 0) is 17.3 Å². The summed E-state index contributed by atoms with van der Waals surface area (Å²) in [5.41, 5.74) is 0.805. The van der Waals surface area contributed by atoms with Crippen LogP contribution in [-0.4, -0.2) is 27.2 Å². The maximum absolute atomic E-state index is 11.0. The van der Waals surface area contributed by atoms with E-state index < -0.39 is 15.7 Å². The summed E-state index contributed by atoms with van der Waals surface area (Å²) in [5, 5.41) is 14.2. The van der Waals surface area contributed by atoms with Crippen molar-refractivity contribution >= 4 is 28.1 Å². The van der Waals surface area contributed by atoms with Gasteiger partial charge in [0.15, 0.2) is 0 Å². The van der Waals surface area contributed by atoms with E-state index in [9.17, 15) is 14.3 Å². The van der Waals surface area contributed by atoms with Gasteiger partial charge < -0.3 is 5.32 Å². The Bertz CT molecular complexity index is 482. The molecule has 0 heterocycles. The number of rotatable bonds is 7. The molecule has 106 valence electrons. The van der Waals surface area contributed by atoms with Crippen molar-refractivity contribution in [2.75, 3.05) is 12.0 Å². The van der Waals surface area contributed by atoms with Gasteiger partial charge in [0.2, 0.25) is 0 Å². The van der Waals surface area contributed by atoms with E-state index in [1.807, 2.05) is 6.92 Å². The third-order valence-corrected chi connectivity index (χ3v) is 3.89. The molecular weight excluding hydrogens is 288 g/mol. The van der Waals surface area contributed by atoms with Crippen LogP contribution in [0.2, 0.25) is 5.02 Å². The number of benzene rings is 1. The average Bonchev–Trinajstić information content (AvgIpc) is 2.34. The van der Waals surface area contributed by atoms with E-state index in [0.717, 1.165) is 12.0 Å².